The Morgan fingerprint density at radius 3 is 2.73 bits per heavy atom. The molecule has 1 unspecified atom stereocenters. The van der Waals surface area contributed by atoms with E-state index < -0.39 is 0 Å². The van der Waals surface area contributed by atoms with Crippen molar-refractivity contribution in [3.8, 4) is 5.75 Å². The first kappa shape index (κ1) is 10.5. The van der Waals surface area contributed by atoms with E-state index in [1.807, 2.05) is 6.07 Å². The van der Waals surface area contributed by atoms with Gasteiger partial charge >= 0.3 is 0 Å². The number of hydrogen-bond donors (Lipinski definition) is 0. The first-order valence-corrected chi connectivity index (χ1v) is 5.40. The summed E-state index contributed by atoms with van der Waals surface area (Å²) in [5.74, 6) is 0.965. The van der Waals surface area contributed by atoms with Gasteiger partial charge in [0.15, 0.2) is 0 Å². The van der Waals surface area contributed by atoms with Crippen LogP contribution < -0.4 is 4.74 Å². The predicted molar refractivity (Wildman–Crippen MR) is 60.4 cm³/mol. The highest BCUT2D eigenvalue weighted by Gasteiger charge is 2.38. The number of rotatable bonds is 4. The lowest BCUT2D eigenvalue weighted by molar-refractivity contribution is 0.309. The molecule has 1 heterocycles. The van der Waals surface area contributed by atoms with E-state index in [4.69, 9.17) is 9.47 Å². The quantitative estimate of drug-likeness (QED) is 0.706. The van der Waals surface area contributed by atoms with E-state index in [0.717, 1.165) is 25.2 Å². The molecule has 1 atom stereocenters. The molecule has 0 saturated carbocycles. The van der Waals surface area contributed by atoms with E-state index in [2.05, 4.69) is 26.0 Å². The van der Waals surface area contributed by atoms with Gasteiger partial charge in [0.25, 0.3) is 0 Å². The van der Waals surface area contributed by atoms with Crippen molar-refractivity contribution in [2.24, 2.45) is 0 Å². The number of ether oxygens (including phenoxy) is 2. The summed E-state index contributed by atoms with van der Waals surface area (Å²) < 4.78 is 10.6. The van der Waals surface area contributed by atoms with Crippen LogP contribution in [-0.4, -0.2) is 19.3 Å². The van der Waals surface area contributed by atoms with E-state index in [9.17, 15) is 0 Å². The standard InChI is InChI=1S/C13H18O2/c1-10-8-11(4-5-12(10)14-3)6-7-13(2)9-15-13/h4-5,8H,6-7,9H2,1-3H3. The fourth-order valence-electron chi connectivity index (χ4n) is 1.77. The summed E-state index contributed by atoms with van der Waals surface area (Å²) in [5.41, 5.74) is 2.73. The van der Waals surface area contributed by atoms with Crippen LogP contribution >= 0.6 is 0 Å². The van der Waals surface area contributed by atoms with Crippen LogP contribution in [0.3, 0.4) is 0 Å². The van der Waals surface area contributed by atoms with E-state index in [1.54, 1.807) is 7.11 Å². The van der Waals surface area contributed by atoms with Crippen LogP contribution in [0.4, 0.5) is 0 Å². The van der Waals surface area contributed by atoms with Gasteiger partial charge in [0.1, 0.15) is 5.75 Å². The molecule has 0 aromatic heterocycles. The molecule has 1 saturated heterocycles. The van der Waals surface area contributed by atoms with Crippen LogP contribution in [0.15, 0.2) is 18.2 Å². The zero-order valence-corrected chi connectivity index (χ0v) is 9.67. The van der Waals surface area contributed by atoms with Crippen LogP contribution in [0.5, 0.6) is 5.75 Å². The van der Waals surface area contributed by atoms with Gasteiger partial charge in [0, 0.05) is 0 Å². The summed E-state index contributed by atoms with van der Waals surface area (Å²) in [4.78, 5) is 0. The highest BCUT2D eigenvalue weighted by atomic mass is 16.6. The minimum Gasteiger partial charge on any atom is -0.496 e. The highest BCUT2D eigenvalue weighted by molar-refractivity contribution is 5.36. The molecule has 1 fully saturated rings. The van der Waals surface area contributed by atoms with Crippen molar-refractivity contribution in [3.05, 3.63) is 29.3 Å². The van der Waals surface area contributed by atoms with Crippen molar-refractivity contribution in [2.45, 2.75) is 32.3 Å². The molecule has 0 aliphatic carbocycles. The summed E-state index contributed by atoms with van der Waals surface area (Å²) in [6.45, 7) is 5.17. The Labute approximate surface area is 91.2 Å². The third-order valence-corrected chi connectivity index (χ3v) is 3.04. The Morgan fingerprint density at radius 2 is 2.20 bits per heavy atom. The molecule has 1 aromatic carbocycles. The maximum absolute atomic E-state index is 5.37. The van der Waals surface area contributed by atoms with Crippen LogP contribution in [0.2, 0.25) is 0 Å². The molecule has 82 valence electrons. The largest absolute Gasteiger partial charge is 0.496 e. The Balaban J connectivity index is 1.99. The van der Waals surface area contributed by atoms with E-state index in [-0.39, 0.29) is 5.60 Å². The summed E-state index contributed by atoms with van der Waals surface area (Å²) in [5, 5.41) is 0. The van der Waals surface area contributed by atoms with Crippen LogP contribution in [-0.2, 0) is 11.2 Å². The molecule has 0 N–H and O–H groups in total. The second kappa shape index (κ2) is 3.86. The molecule has 1 aliphatic heterocycles. The first-order valence-electron chi connectivity index (χ1n) is 5.40. The van der Waals surface area contributed by atoms with Gasteiger partial charge in [-0.05, 0) is 43.9 Å². The Morgan fingerprint density at radius 1 is 1.47 bits per heavy atom. The van der Waals surface area contributed by atoms with Crippen LogP contribution in [0.1, 0.15) is 24.5 Å². The maximum Gasteiger partial charge on any atom is 0.121 e. The number of methoxy groups -OCH3 is 1. The Kier molecular flexibility index (Phi) is 2.70. The molecule has 2 nitrogen and oxygen atoms in total. The van der Waals surface area contributed by atoms with Gasteiger partial charge < -0.3 is 9.47 Å². The van der Waals surface area contributed by atoms with Gasteiger partial charge in [-0.1, -0.05) is 12.1 Å². The van der Waals surface area contributed by atoms with Gasteiger partial charge in [-0.2, -0.15) is 0 Å². The van der Waals surface area contributed by atoms with Crippen LogP contribution in [0, 0.1) is 6.92 Å². The molecule has 15 heavy (non-hydrogen) atoms. The molecule has 2 heteroatoms. The summed E-state index contributed by atoms with van der Waals surface area (Å²) in [6.07, 6.45) is 2.19. The van der Waals surface area contributed by atoms with Crippen molar-refractivity contribution >= 4 is 0 Å². The average molecular weight is 206 g/mol. The normalized spacial score (nSPS) is 23.9. The Hall–Kier alpha value is -1.02. The molecule has 0 spiro atoms. The monoisotopic (exact) mass is 206 g/mol. The van der Waals surface area contributed by atoms with E-state index >= 15 is 0 Å². The number of hydrogen-bond acceptors (Lipinski definition) is 2. The molecule has 0 amide bonds. The van der Waals surface area contributed by atoms with Crippen molar-refractivity contribution < 1.29 is 9.47 Å². The SMILES string of the molecule is COc1ccc(CCC2(C)CO2)cc1C. The third kappa shape index (κ3) is 2.51. The van der Waals surface area contributed by atoms with Gasteiger partial charge in [-0.15, -0.1) is 0 Å². The second-order valence-corrected chi connectivity index (χ2v) is 4.54. The van der Waals surface area contributed by atoms with Crippen molar-refractivity contribution in [1.82, 2.24) is 0 Å². The number of aryl methyl sites for hydroxylation is 2. The molecule has 1 aromatic rings. The minimum absolute atomic E-state index is 0.161. The lowest BCUT2D eigenvalue weighted by Crippen LogP contribution is -2.05. The molecule has 0 bridgehead atoms. The highest BCUT2D eigenvalue weighted by Crippen LogP contribution is 2.31. The fourth-order valence-corrected chi connectivity index (χ4v) is 1.77. The molecule has 0 radical (unpaired) electrons. The van der Waals surface area contributed by atoms with Gasteiger partial charge in [0.2, 0.25) is 0 Å². The zero-order chi connectivity index (χ0) is 10.9. The van der Waals surface area contributed by atoms with E-state index in [0.29, 0.717) is 0 Å². The van der Waals surface area contributed by atoms with Crippen molar-refractivity contribution in [1.29, 1.82) is 0 Å². The lowest BCUT2D eigenvalue weighted by Gasteiger charge is -2.08. The number of benzene rings is 1. The average Bonchev–Trinajstić information content (AvgIpc) is 2.95. The lowest BCUT2D eigenvalue weighted by atomic mass is 10.0. The van der Waals surface area contributed by atoms with Gasteiger partial charge in [0.05, 0.1) is 19.3 Å². The van der Waals surface area contributed by atoms with E-state index in [1.165, 1.54) is 11.1 Å². The topological polar surface area (TPSA) is 21.8 Å². The summed E-state index contributed by atoms with van der Waals surface area (Å²) in [7, 11) is 1.71. The van der Waals surface area contributed by atoms with Crippen LogP contribution in [0.25, 0.3) is 0 Å². The van der Waals surface area contributed by atoms with Crippen molar-refractivity contribution in [3.63, 3.8) is 0 Å². The van der Waals surface area contributed by atoms with Gasteiger partial charge in [-0.3, -0.25) is 0 Å². The minimum atomic E-state index is 0.161. The van der Waals surface area contributed by atoms with Crippen molar-refractivity contribution in [2.75, 3.05) is 13.7 Å². The third-order valence-electron chi connectivity index (χ3n) is 3.04. The predicted octanol–water partition coefficient (Wildman–Crippen LogP) is 2.73. The molecule has 1 aliphatic rings. The summed E-state index contributed by atoms with van der Waals surface area (Å²) in [6, 6.07) is 6.38. The first-order chi connectivity index (χ1) is 7.13. The Bertz CT molecular complexity index is 354. The molecular formula is C13H18O2. The zero-order valence-electron chi connectivity index (χ0n) is 9.67. The maximum atomic E-state index is 5.37. The van der Waals surface area contributed by atoms with Gasteiger partial charge in [-0.25, -0.2) is 0 Å². The fraction of sp³-hybridized carbons (Fsp3) is 0.538. The molecule has 2 rings (SSSR count). The molecular weight excluding hydrogens is 188 g/mol. The number of epoxide rings is 1. The summed E-state index contributed by atoms with van der Waals surface area (Å²) >= 11 is 0. The second-order valence-electron chi connectivity index (χ2n) is 4.54. The smallest absolute Gasteiger partial charge is 0.121 e.